The molecular formula is C16H13N3O2. The average molecular weight is 279 g/mol. The zero-order chi connectivity index (χ0) is 14.1. The van der Waals surface area contributed by atoms with Gasteiger partial charge in [0.05, 0.1) is 11.7 Å². The van der Waals surface area contributed by atoms with E-state index in [0.29, 0.717) is 5.69 Å². The number of nitrogens with one attached hydrogen (secondary N) is 1. The summed E-state index contributed by atoms with van der Waals surface area (Å²) in [5.41, 5.74) is 1.59. The average Bonchev–Trinajstić information content (AvgIpc) is 3.23. The number of aromatic nitrogens is 1. The number of carbonyl (C=O) groups is 2. The van der Waals surface area contributed by atoms with E-state index in [1.807, 2.05) is 30.3 Å². The molecule has 1 aromatic heterocycles. The molecule has 104 valence electrons. The Morgan fingerprint density at radius 2 is 2.00 bits per heavy atom. The van der Waals surface area contributed by atoms with Crippen LogP contribution in [0.15, 0.2) is 42.6 Å². The maximum absolute atomic E-state index is 12.7. The van der Waals surface area contributed by atoms with Crippen LogP contribution in [0.25, 0.3) is 10.9 Å². The number of imide groups is 1. The fourth-order valence-corrected chi connectivity index (χ4v) is 3.93. The second-order valence-corrected chi connectivity index (χ2v) is 5.88. The van der Waals surface area contributed by atoms with E-state index in [2.05, 4.69) is 11.1 Å². The number of H-pyrrole nitrogens is 1. The summed E-state index contributed by atoms with van der Waals surface area (Å²) in [6.45, 7) is 0. The van der Waals surface area contributed by atoms with Crippen molar-refractivity contribution in [2.75, 3.05) is 4.90 Å². The van der Waals surface area contributed by atoms with E-state index in [-0.39, 0.29) is 29.9 Å². The molecule has 0 saturated carbocycles. The molecule has 3 atom stereocenters. The predicted molar refractivity (Wildman–Crippen MR) is 77.8 cm³/mol. The second-order valence-electron chi connectivity index (χ2n) is 5.88. The third-order valence-corrected chi connectivity index (χ3v) is 4.85. The molecule has 3 amide bonds. The van der Waals surface area contributed by atoms with Gasteiger partial charge in [-0.3, -0.25) is 4.79 Å². The molecule has 2 aliphatic heterocycles. The van der Waals surface area contributed by atoms with E-state index in [1.165, 1.54) is 4.90 Å². The minimum Gasteiger partial charge on any atom is -0.359 e. The molecule has 1 aromatic carbocycles. The molecule has 5 nitrogen and oxygen atoms in total. The Balaban J connectivity index is 1.65. The van der Waals surface area contributed by atoms with Crippen LogP contribution in [-0.4, -0.2) is 33.9 Å². The molecule has 21 heavy (non-hydrogen) atoms. The topological polar surface area (TPSA) is 56.4 Å². The summed E-state index contributed by atoms with van der Waals surface area (Å²) in [5.74, 6) is 0.0864. The number of benzene rings is 1. The van der Waals surface area contributed by atoms with Gasteiger partial charge in [-0.25, -0.2) is 9.69 Å². The summed E-state index contributed by atoms with van der Waals surface area (Å²) in [4.78, 5) is 31.7. The maximum Gasteiger partial charge on any atom is 0.332 e. The standard InChI is InChI=1S/C16H13N3O2/c20-15-14-9-5-6-10(7-9)18(14)16(21)19(15)13-8-17-12-4-2-1-3-11(12)13/h1-6,8-10,14,17H,7H2/t9?,10?,14-/m0/s1. The van der Waals surface area contributed by atoms with Crippen molar-refractivity contribution >= 4 is 28.5 Å². The minimum atomic E-state index is -0.304. The molecule has 0 radical (unpaired) electrons. The van der Waals surface area contributed by atoms with Crippen LogP contribution in [0, 0.1) is 5.92 Å². The summed E-state index contributed by atoms with van der Waals surface area (Å²) in [7, 11) is 0. The van der Waals surface area contributed by atoms with Crippen LogP contribution < -0.4 is 4.90 Å². The van der Waals surface area contributed by atoms with Crippen molar-refractivity contribution in [3.05, 3.63) is 42.6 Å². The first-order valence-corrected chi connectivity index (χ1v) is 7.16. The number of hydrogen-bond donors (Lipinski definition) is 1. The van der Waals surface area contributed by atoms with Crippen LogP contribution in [0.1, 0.15) is 6.42 Å². The van der Waals surface area contributed by atoms with Crippen molar-refractivity contribution in [1.29, 1.82) is 0 Å². The van der Waals surface area contributed by atoms with Crippen LogP contribution in [0.5, 0.6) is 0 Å². The zero-order valence-electron chi connectivity index (χ0n) is 11.2. The maximum atomic E-state index is 12.7. The first-order valence-electron chi connectivity index (χ1n) is 7.16. The molecule has 0 spiro atoms. The van der Waals surface area contributed by atoms with Gasteiger partial charge in [0, 0.05) is 23.0 Å². The predicted octanol–water partition coefficient (Wildman–Crippen LogP) is 2.26. The Morgan fingerprint density at radius 1 is 1.14 bits per heavy atom. The Bertz CT molecular complexity index is 792. The van der Waals surface area contributed by atoms with Gasteiger partial charge in [-0.2, -0.15) is 0 Å². The summed E-state index contributed by atoms with van der Waals surface area (Å²) in [6.07, 6.45) is 6.77. The Kier molecular flexibility index (Phi) is 1.88. The molecule has 3 heterocycles. The molecular weight excluding hydrogens is 266 g/mol. The highest BCUT2D eigenvalue weighted by atomic mass is 16.2. The van der Waals surface area contributed by atoms with Crippen LogP contribution in [0.2, 0.25) is 0 Å². The van der Waals surface area contributed by atoms with Gasteiger partial charge in [-0.15, -0.1) is 0 Å². The molecule has 3 aliphatic rings. The van der Waals surface area contributed by atoms with Crippen molar-refractivity contribution in [3.8, 4) is 0 Å². The first kappa shape index (κ1) is 11.1. The summed E-state index contributed by atoms with van der Waals surface area (Å²) in [6, 6.07) is 7.31. The monoisotopic (exact) mass is 279 g/mol. The van der Waals surface area contributed by atoms with Gasteiger partial charge in [-0.05, 0) is 12.5 Å². The lowest BCUT2D eigenvalue weighted by molar-refractivity contribution is -0.119. The third-order valence-electron chi connectivity index (χ3n) is 4.85. The Morgan fingerprint density at radius 3 is 2.86 bits per heavy atom. The van der Waals surface area contributed by atoms with Crippen LogP contribution in [-0.2, 0) is 4.79 Å². The van der Waals surface area contributed by atoms with Crippen molar-refractivity contribution in [2.24, 2.45) is 5.92 Å². The lowest BCUT2D eigenvalue weighted by Crippen LogP contribution is -2.38. The molecule has 5 rings (SSSR count). The Hall–Kier alpha value is -2.56. The SMILES string of the molecule is O=C1[C@@H]2C3C=CC(C3)N2C(=O)N1c1c[nH]c2ccccc12. The molecule has 1 N–H and O–H groups in total. The van der Waals surface area contributed by atoms with Crippen molar-refractivity contribution in [3.63, 3.8) is 0 Å². The van der Waals surface area contributed by atoms with Gasteiger partial charge in [0.1, 0.15) is 6.04 Å². The van der Waals surface area contributed by atoms with Crippen molar-refractivity contribution in [2.45, 2.75) is 18.5 Å². The van der Waals surface area contributed by atoms with Gasteiger partial charge in [0.2, 0.25) is 0 Å². The number of urea groups is 1. The quantitative estimate of drug-likeness (QED) is 0.643. The number of hydrogen-bond acceptors (Lipinski definition) is 2. The van der Waals surface area contributed by atoms with Crippen molar-refractivity contribution < 1.29 is 9.59 Å². The third kappa shape index (κ3) is 1.22. The number of anilines is 1. The van der Waals surface area contributed by atoms with Gasteiger partial charge < -0.3 is 9.88 Å². The smallest absolute Gasteiger partial charge is 0.332 e. The minimum absolute atomic E-state index is 0.0895. The molecule has 5 heteroatoms. The lowest BCUT2D eigenvalue weighted by Gasteiger charge is -2.22. The summed E-state index contributed by atoms with van der Waals surface area (Å²) >= 11 is 0. The molecule has 2 aromatic rings. The number of carbonyl (C=O) groups excluding carboxylic acids is 2. The number of amides is 3. The van der Waals surface area contributed by atoms with E-state index in [1.54, 1.807) is 11.1 Å². The molecule has 2 unspecified atom stereocenters. The fourth-order valence-electron chi connectivity index (χ4n) is 3.93. The van der Waals surface area contributed by atoms with Gasteiger partial charge >= 0.3 is 6.03 Å². The van der Waals surface area contributed by atoms with Gasteiger partial charge in [0.15, 0.2) is 0 Å². The highest BCUT2D eigenvalue weighted by molar-refractivity contribution is 6.25. The Labute approximate surface area is 120 Å². The van der Waals surface area contributed by atoms with Crippen molar-refractivity contribution in [1.82, 2.24) is 9.88 Å². The van der Waals surface area contributed by atoms with Gasteiger partial charge in [0.25, 0.3) is 5.91 Å². The number of aromatic amines is 1. The van der Waals surface area contributed by atoms with E-state index in [0.717, 1.165) is 17.3 Å². The van der Waals surface area contributed by atoms with E-state index >= 15 is 0 Å². The van der Waals surface area contributed by atoms with Crippen LogP contribution >= 0.6 is 0 Å². The summed E-state index contributed by atoms with van der Waals surface area (Å²) in [5, 5.41) is 0.903. The zero-order valence-corrected chi connectivity index (χ0v) is 11.2. The number of nitrogens with zero attached hydrogens (tertiary/aromatic N) is 2. The highest BCUT2D eigenvalue weighted by Crippen LogP contribution is 2.44. The van der Waals surface area contributed by atoms with E-state index < -0.39 is 0 Å². The van der Waals surface area contributed by atoms with Crippen LogP contribution in [0.4, 0.5) is 10.5 Å². The molecule has 2 saturated heterocycles. The lowest BCUT2D eigenvalue weighted by atomic mass is 10.0. The molecule has 1 aliphatic carbocycles. The van der Waals surface area contributed by atoms with E-state index in [4.69, 9.17) is 0 Å². The number of para-hydroxylation sites is 1. The second kappa shape index (κ2) is 3.55. The molecule has 2 fully saturated rings. The normalized spacial score (nSPS) is 30.0. The fraction of sp³-hybridized carbons (Fsp3) is 0.250. The molecule has 2 bridgehead atoms. The highest BCUT2D eigenvalue weighted by Gasteiger charge is 2.57. The van der Waals surface area contributed by atoms with Crippen LogP contribution in [0.3, 0.4) is 0 Å². The van der Waals surface area contributed by atoms with Gasteiger partial charge in [-0.1, -0.05) is 30.4 Å². The largest absolute Gasteiger partial charge is 0.359 e. The van der Waals surface area contributed by atoms with E-state index in [9.17, 15) is 9.59 Å². The number of fused-ring (bicyclic) bond motifs is 6. The number of rotatable bonds is 1. The first-order chi connectivity index (χ1) is 10.3. The summed E-state index contributed by atoms with van der Waals surface area (Å²) < 4.78 is 0.